The number of carbonyl (C=O) groups excluding carboxylic acids is 1. The van der Waals surface area contributed by atoms with Crippen LogP contribution in [0, 0.1) is 5.92 Å². The molecule has 2 unspecified atom stereocenters. The summed E-state index contributed by atoms with van der Waals surface area (Å²) in [5, 5.41) is 11.7. The van der Waals surface area contributed by atoms with Crippen LogP contribution in [0.1, 0.15) is 20.3 Å². The molecule has 6 heteroatoms. The Morgan fingerprint density at radius 3 is 2.76 bits per heavy atom. The number of carboxylic acid groups (broad SMARTS) is 1. The summed E-state index contributed by atoms with van der Waals surface area (Å²) in [4.78, 5) is 24.2. The van der Waals surface area contributed by atoms with Crippen molar-refractivity contribution < 1.29 is 19.4 Å². The molecule has 1 aliphatic heterocycles. The van der Waals surface area contributed by atoms with Crippen molar-refractivity contribution in [1.29, 1.82) is 0 Å². The minimum Gasteiger partial charge on any atom is -0.481 e. The first-order chi connectivity index (χ1) is 8.07. The van der Waals surface area contributed by atoms with Gasteiger partial charge in [0, 0.05) is 25.7 Å². The maximum atomic E-state index is 11.8. The molecule has 1 rings (SSSR count). The zero-order valence-corrected chi connectivity index (χ0v) is 10.3. The molecule has 17 heavy (non-hydrogen) atoms. The summed E-state index contributed by atoms with van der Waals surface area (Å²) in [5.74, 6) is -1.28. The topological polar surface area (TPSA) is 78.9 Å². The first-order valence-electron chi connectivity index (χ1n) is 5.93. The van der Waals surface area contributed by atoms with Crippen LogP contribution >= 0.6 is 0 Å². The highest BCUT2D eigenvalue weighted by molar-refractivity contribution is 5.78. The van der Waals surface area contributed by atoms with E-state index in [1.165, 1.54) is 0 Å². The highest BCUT2D eigenvalue weighted by atomic mass is 16.5. The highest BCUT2D eigenvalue weighted by Gasteiger charge is 2.37. The third-order valence-electron chi connectivity index (χ3n) is 3.06. The van der Waals surface area contributed by atoms with E-state index < -0.39 is 11.9 Å². The van der Waals surface area contributed by atoms with Crippen molar-refractivity contribution in [3.05, 3.63) is 0 Å². The lowest BCUT2D eigenvalue weighted by atomic mass is 10.0. The Hall–Kier alpha value is -1.30. The van der Waals surface area contributed by atoms with Crippen LogP contribution < -0.4 is 5.32 Å². The van der Waals surface area contributed by atoms with E-state index in [1.807, 2.05) is 6.92 Å². The van der Waals surface area contributed by atoms with Crippen molar-refractivity contribution in [1.82, 2.24) is 10.2 Å². The molecule has 0 spiro atoms. The molecule has 2 atom stereocenters. The van der Waals surface area contributed by atoms with Gasteiger partial charge in [-0.1, -0.05) is 0 Å². The van der Waals surface area contributed by atoms with Crippen molar-refractivity contribution in [2.24, 2.45) is 5.92 Å². The lowest BCUT2D eigenvalue weighted by Crippen LogP contribution is -2.44. The molecule has 2 N–H and O–H groups in total. The molecular formula is C11H20N2O4. The Morgan fingerprint density at radius 1 is 1.53 bits per heavy atom. The highest BCUT2D eigenvalue weighted by Crippen LogP contribution is 2.23. The van der Waals surface area contributed by atoms with E-state index in [0.717, 1.165) is 0 Å². The number of carbonyl (C=O) groups is 2. The number of amides is 2. The summed E-state index contributed by atoms with van der Waals surface area (Å²) in [6, 6.07) is -0.458. The largest absolute Gasteiger partial charge is 0.481 e. The fourth-order valence-corrected chi connectivity index (χ4v) is 2.03. The summed E-state index contributed by atoms with van der Waals surface area (Å²) >= 11 is 0. The molecule has 6 nitrogen and oxygen atoms in total. The maximum absolute atomic E-state index is 11.8. The van der Waals surface area contributed by atoms with Gasteiger partial charge in [-0.2, -0.15) is 0 Å². The smallest absolute Gasteiger partial charge is 0.317 e. The van der Waals surface area contributed by atoms with Crippen LogP contribution in [0.5, 0.6) is 0 Å². The van der Waals surface area contributed by atoms with E-state index in [4.69, 9.17) is 9.84 Å². The average molecular weight is 244 g/mol. The van der Waals surface area contributed by atoms with Gasteiger partial charge in [0.05, 0.1) is 12.5 Å². The van der Waals surface area contributed by atoms with E-state index in [1.54, 1.807) is 11.8 Å². The molecule has 0 radical (unpaired) electrons. The molecule has 0 aromatic rings. The molecule has 1 saturated heterocycles. The van der Waals surface area contributed by atoms with Crippen LogP contribution in [0.3, 0.4) is 0 Å². The SMILES string of the molecule is CCOCCNC(=O)N1CCC(C(=O)O)C1C. The molecule has 2 amide bonds. The second-order valence-corrected chi connectivity index (χ2v) is 4.10. The molecule has 1 fully saturated rings. The lowest BCUT2D eigenvalue weighted by Gasteiger charge is -2.23. The van der Waals surface area contributed by atoms with Crippen LogP contribution in [0.4, 0.5) is 4.79 Å². The number of ether oxygens (including phenoxy) is 1. The van der Waals surface area contributed by atoms with Gasteiger partial charge in [-0.25, -0.2) is 4.79 Å². The molecule has 0 saturated carbocycles. The van der Waals surface area contributed by atoms with E-state index in [0.29, 0.717) is 32.7 Å². The Labute approximate surface area is 101 Å². The third kappa shape index (κ3) is 3.59. The molecule has 0 aromatic heterocycles. The van der Waals surface area contributed by atoms with Gasteiger partial charge in [0.2, 0.25) is 0 Å². The monoisotopic (exact) mass is 244 g/mol. The van der Waals surface area contributed by atoms with Gasteiger partial charge in [-0.3, -0.25) is 4.79 Å². The molecule has 0 aliphatic carbocycles. The Bertz CT molecular complexity index is 283. The number of hydrogen-bond acceptors (Lipinski definition) is 3. The van der Waals surface area contributed by atoms with Crippen LogP contribution in [0.15, 0.2) is 0 Å². The number of carboxylic acids is 1. The number of likely N-dealkylation sites (tertiary alicyclic amines) is 1. The van der Waals surface area contributed by atoms with Gasteiger partial charge in [0.25, 0.3) is 0 Å². The average Bonchev–Trinajstić information content (AvgIpc) is 2.66. The van der Waals surface area contributed by atoms with Crippen LogP contribution in [-0.4, -0.2) is 54.4 Å². The first kappa shape index (κ1) is 13.8. The zero-order chi connectivity index (χ0) is 12.8. The second-order valence-electron chi connectivity index (χ2n) is 4.10. The number of nitrogens with zero attached hydrogens (tertiary/aromatic N) is 1. The van der Waals surface area contributed by atoms with Gasteiger partial charge in [0.1, 0.15) is 0 Å². The zero-order valence-electron chi connectivity index (χ0n) is 10.3. The Kier molecular flexibility index (Phi) is 5.21. The van der Waals surface area contributed by atoms with Crippen molar-refractivity contribution in [2.75, 3.05) is 26.3 Å². The minimum absolute atomic E-state index is 0.207. The Balaban J connectivity index is 2.35. The minimum atomic E-state index is -0.831. The Morgan fingerprint density at radius 2 is 2.24 bits per heavy atom. The van der Waals surface area contributed by atoms with Crippen molar-refractivity contribution in [3.63, 3.8) is 0 Å². The molecule has 0 aromatic carbocycles. The van der Waals surface area contributed by atoms with Gasteiger partial charge in [-0.15, -0.1) is 0 Å². The molecule has 0 bridgehead atoms. The summed E-state index contributed by atoms with van der Waals surface area (Å²) in [6.07, 6.45) is 0.523. The predicted octanol–water partition coefficient (Wildman–Crippen LogP) is 0.527. The first-order valence-corrected chi connectivity index (χ1v) is 5.93. The van der Waals surface area contributed by atoms with Gasteiger partial charge in [-0.05, 0) is 20.3 Å². The third-order valence-corrected chi connectivity index (χ3v) is 3.06. The van der Waals surface area contributed by atoms with Crippen LogP contribution in [0.2, 0.25) is 0 Å². The second kappa shape index (κ2) is 6.44. The van der Waals surface area contributed by atoms with Gasteiger partial charge in [0.15, 0.2) is 0 Å². The van der Waals surface area contributed by atoms with E-state index in [-0.39, 0.29) is 12.1 Å². The van der Waals surface area contributed by atoms with E-state index >= 15 is 0 Å². The van der Waals surface area contributed by atoms with E-state index in [2.05, 4.69) is 5.32 Å². The number of aliphatic carboxylic acids is 1. The molecule has 98 valence electrons. The number of rotatable bonds is 5. The van der Waals surface area contributed by atoms with Crippen molar-refractivity contribution in [3.8, 4) is 0 Å². The van der Waals surface area contributed by atoms with Crippen LogP contribution in [0.25, 0.3) is 0 Å². The lowest BCUT2D eigenvalue weighted by molar-refractivity contribution is -0.142. The van der Waals surface area contributed by atoms with Crippen molar-refractivity contribution >= 4 is 12.0 Å². The predicted molar refractivity (Wildman–Crippen MR) is 61.8 cm³/mol. The van der Waals surface area contributed by atoms with Gasteiger partial charge < -0.3 is 20.1 Å². The summed E-state index contributed by atoms with van der Waals surface area (Å²) in [6.45, 7) is 5.71. The normalized spacial score (nSPS) is 23.8. The van der Waals surface area contributed by atoms with Crippen molar-refractivity contribution in [2.45, 2.75) is 26.3 Å². The standard InChI is InChI=1S/C11H20N2O4/c1-3-17-7-5-12-11(16)13-6-4-9(8(13)2)10(14)15/h8-9H,3-7H2,1-2H3,(H,12,16)(H,14,15). The summed E-state index contributed by atoms with van der Waals surface area (Å²) in [5.41, 5.74) is 0. The fourth-order valence-electron chi connectivity index (χ4n) is 2.03. The quantitative estimate of drug-likeness (QED) is 0.691. The summed E-state index contributed by atoms with van der Waals surface area (Å²) < 4.78 is 5.11. The number of nitrogens with one attached hydrogen (secondary N) is 1. The maximum Gasteiger partial charge on any atom is 0.317 e. The number of hydrogen-bond donors (Lipinski definition) is 2. The summed E-state index contributed by atoms with van der Waals surface area (Å²) in [7, 11) is 0. The fraction of sp³-hybridized carbons (Fsp3) is 0.818. The molecular weight excluding hydrogens is 224 g/mol. The van der Waals surface area contributed by atoms with E-state index in [9.17, 15) is 9.59 Å². The molecule has 1 aliphatic rings. The van der Waals surface area contributed by atoms with Crippen LogP contribution in [-0.2, 0) is 9.53 Å². The number of urea groups is 1. The van der Waals surface area contributed by atoms with Gasteiger partial charge >= 0.3 is 12.0 Å². The molecule has 1 heterocycles.